The minimum atomic E-state index is -0.302. The lowest BCUT2D eigenvalue weighted by atomic mass is 10.4. The van der Waals surface area contributed by atoms with E-state index >= 15 is 0 Å². The van der Waals surface area contributed by atoms with Gasteiger partial charge in [-0.1, -0.05) is 0 Å². The van der Waals surface area contributed by atoms with E-state index in [1.807, 2.05) is 0 Å². The summed E-state index contributed by atoms with van der Waals surface area (Å²) in [5.41, 5.74) is 0. The second-order valence-electron chi connectivity index (χ2n) is 5.37. The van der Waals surface area contributed by atoms with Gasteiger partial charge in [-0.15, -0.1) is 0 Å². The molecule has 0 unspecified atom stereocenters. The van der Waals surface area contributed by atoms with Gasteiger partial charge in [-0.2, -0.15) is 0 Å². The molecule has 0 aromatic heterocycles. The van der Waals surface area contributed by atoms with Crippen molar-refractivity contribution in [3.8, 4) is 0 Å². The summed E-state index contributed by atoms with van der Waals surface area (Å²) in [6.07, 6.45) is 4.27. The first-order valence-electron chi connectivity index (χ1n) is 6.53. The fourth-order valence-electron chi connectivity index (χ4n) is 2.17. The quantitative estimate of drug-likeness (QED) is 0.696. The van der Waals surface area contributed by atoms with Crippen LogP contribution in [0, 0.1) is 5.92 Å². The Labute approximate surface area is 105 Å². The molecular formula is C12H17N3O3. The van der Waals surface area contributed by atoms with Gasteiger partial charge in [-0.3, -0.25) is 14.5 Å². The normalized spacial score (nSPS) is 23.8. The predicted octanol–water partition coefficient (Wildman–Crippen LogP) is -0.0608. The monoisotopic (exact) mass is 251 g/mol. The van der Waals surface area contributed by atoms with Crippen molar-refractivity contribution in [2.75, 3.05) is 19.6 Å². The zero-order valence-corrected chi connectivity index (χ0v) is 10.2. The molecule has 2 saturated carbocycles. The van der Waals surface area contributed by atoms with Gasteiger partial charge in [0, 0.05) is 12.6 Å². The minimum Gasteiger partial charge on any atom is -0.354 e. The molecule has 6 nitrogen and oxygen atoms in total. The number of amides is 4. The molecule has 0 radical (unpaired) electrons. The van der Waals surface area contributed by atoms with E-state index in [0.29, 0.717) is 12.5 Å². The zero-order valence-electron chi connectivity index (χ0n) is 10.2. The van der Waals surface area contributed by atoms with Gasteiger partial charge in [0.2, 0.25) is 5.91 Å². The molecule has 4 amide bonds. The third-order valence-electron chi connectivity index (χ3n) is 3.66. The Bertz CT molecular complexity index is 401. The molecule has 3 rings (SSSR count). The predicted molar refractivity (Wildman–Crippen MR) is 62.6 cm³/mol. The number of rotatable bonds is 5. The maximum atomic E-state index is 11.9. The van der Waals surface area contributed by atoms with Crippen molar-refractivity contribution in [3.63, 3.8) is 0 Å². The molecule has 0 bridgehead atoms. The molecule has 1 aliphatic heterocycles. The van der Waals surface area contributed by atoms with E-state index in [0.717, 1.165) is 30.6 Å². The van der Waals surface area contributed by atoms with Gasteiger partial charge in [0.05, 0.1) is 0 Å². The topological polar surface area (TPSA) is 69.7 Å². The van der Waals surface area contributed by atoms with Crippen LogP contribution in [-0.4, -0.2) is 53.3 Å². The molecular weight excluding hydrogens is 234 g/mol. The molecule has 98 valence electrons. The Morgan fingerprint density at radius 1 is 1.22 bits per heavy atom. The highest BCUT2D eigenvalue weighted by molar-refractivity contribution is 6.04. The molecule has 3 fully saturated rings. The Hall–Kier alpha value is -1.59. The van der Waals surface area contributed by atoms with Crippen molar-refractivity contribution in [2.24, 2.45) is 5.92 Å². The van der Waals surface area contributed by atoms with Gasteiger partial charge >= 0.3 is 6.03 Å². The second kappa shape index (κ2) is 4.26. The lowest BCUT2D eigenvalue weighted by Crippen LogP contribution is -2.42. The molecule has 2 aliphatic carbocycles. The smallest absolute Gasteiger partial charge is 0.327 e. The van der Waals surface area contributed by atoms with E-state index in [4.69, 9.17) is 0 Å². The van der Waals surface area contributed by atoms with Gasteiger partial charge in [-0.05, 0) is 31.6 Å². The van der Waals surface area contributed by atoms with Crippen LogP contribution in [0.2, 0.25) is 0 Å². The van der Waals surface area contributed by atoms with Crippen molar-refractivity contribution in [1.29, 1.82) is 0 Å². The molecule has 1 heterocycles. The summed E-state index contributed by atoms with van der Waals surface area (Å²) in [4.78, 5) is 37.9. The van der Waals surface area contributed by atoms with Crippen LogP contribution in [0.4, 0.5) is 4.79 Å². The van der Waals surface area contributed by atoms with Gasteiger partial charge in [0.15, 0.2) is 0 Å². The maximum Gasteiger partial charge on any atom is 0.327 e. The molecule has 3 aliphatic rings. The van der Waals surface area contributed by atoms with E-state index in [1.54, 1.807) is 4.90 Å². The van der Waals surface area contributed by atoms with Crippen molar-refractivity contribution in [2.45, 2.75) is 31.7 Å². The number of imide groups is 1. The van der Waals surface area contributed by atoms with Crippen molar-refractivity contribution >= 4 is 17.8 Å². The van der Waals surface area contributed by atoms with Crippen LogP contribution in [0.25, 0.3) is 0 Å². The molecule has 0 aromatic rings. The van der Waals surface area contributed by atoms with E-state index in [2.05, 4.69) is 5.32 Å². The van der Waals surface area contributed by atoms with Crippen LogP contribution >= 0.6 is 0 Å². The number of nitrogens with one attached hydrogen (secondary N) is 1. The third kappa shape index (κ3) is 2.32. The molecule has 0 spiro atoms. The van der Waals surface area contributed by atoms with Crippen LogP contribution in [0.3, 0.4) is 0 Å². The van der Waals surface area contributed by atoms with Crippen molar-refractivity contribution in [1.82, 2.24) is 15.1 Å². The molecule has 6 heteroatoms. The summed E-state index contributed by atoms with van der Waals surface area (Å²) in [7, 11) is 0. The van der Waals surface area contributed by atoms with Gasteiger partial charge in [0.1, 0.15) is 13.1 Å². The first kappa shape index (κ1) is 11.5. The Kier molecular flexibility index (Phi) is 2.72. The minimum absolute atomic E-state index is 0.131. The third-order valence-corrected chi connectivity index (χ3v) is 3.66. The van der Waals surface area contributed by atoms with E-state index in [-0.39, 0.29) is 37.0 Å². The van der Waals surface area contributed by atoms with E-state index in [9.17, 15) is 14.4 Å². The first-order chi connectivity index (χ1) is 8.65. The van der Waals surface area contributed by atoms with Crippen molar-refractivity contribution in [3.05, 3.63) is 0 Å². The van der Waals surface area contributed by atoms with Crippen molar-refractivity contribution < 1.29 is 14.4 Å². The summed E-state index contributed by atoms with van der Waals surface area (Å²) >= 11 is 0. The first-order valence-corrected chi connectivity index (χ1v) is 6.53. The summed E-state index contributed by atoms with van der Waals surface area (Å²) in [6.45, 7) is 0.675. The summed E-state index contributed by atoms with van der Waals surface area (Å²) in [5, 5.41) is 2.77. The van der Waals surface area contributed by atoms with E-state index in [1.165, 1.54) is 0 Å². The number of carbonyl (C=O) groups is 3. The molecule has 0 atom stereocenters. The van der Waals surface area contributed by atoms with Crippen LogP contribution in [0.5, 0.6) is 0 Å². The number of hydrogen-bond donors (Lipinski definition) is 1. The standard InChI is InChI=1S/C12H17N3O3/c16-10(13-5-8-1-2-8)6-15-11(17)7-14(12(15)18)9-3-4-9/h8-9H,1-7H2,(H,13,16). The highest BCUT2D eigenvalue weighted by atomic mass is 16.2. The van der Waals surface area contributed by atoms with Gasteiger partial charge in [-0.25, -0.2) is 4.79 Å². The molecule has 0 aromatic carbocycles. The second-order valence-corrected chi connectivity index (χ2v) is 5.37. The number of nitrogens with zero attached hydrogens (tertiary/aromatic N) is 2. The fourth-order valence-corrected chi connectivity index (χ4v) is 2.17. The number of carbonyl (C=O) groups excluding carboxylic acids is 3. The Morgan fingerprint density at radius 3 is 2.56 bits per heavy atom. The number of urea groups is 1. The Morgan fingerprint density at radius 2 is 1.94 bits per heavy atom. The SMILES string of the molecule is O=C(CN1C(=O)CN(C2CC2)C1=O)NCC1CC1. The maximum absolute atomic E-state index is 11.9. The summed E-state index contributed by atoms with van der Waals surface area (Å²) in [5.74, 6) is 0.108. The highest BCUT2D eigenvalue weighted by Crippen LogP contribution is 2.30. The summed E-state index contributed by atoms with van der Waals surface area (Å²) < 4.78 is 0. The van der Waals surface area contributed by atoms with E-state index < -0.39 is 0 Å². The van der Waals surface area contributed by atoms with Crippen LogP contribution < -0.4 is 5.32 Å². The van der Waals surface area contributed by atoms with Gasteiger partial charge in [0.25, 0.3) is 5.91 Å². The lowest BCUT2D eigenvalue weighted by molar-refractivity contribution is -0.130. The lowest BCUT2D eigenvalue weighted by Gasteiger charge is -2.16. The average Bonchev–Trinajstić information content (AvgIpc) is 3.23. The summed E-state index contributed by atoms with van der Waals surface area (Å²) in [6, 6.07) is -0.0787. The largest absolute Gasteiger partial charge is 0.354 e. The van der Waals surface area contributed by atoms with Gasteiger partial charge < -0.3 is 10.2 Å². The highest BCUT2D eigenvalue weighted by Gasteiger charge is 2.44. The fraction of sp³-hybridized carbons (Fsp3) is 0.750. The van der Waals surface area contributed by atoms with Crippen LogP contribution in [0.1, 0.15) is 25.7 Å². The van der Waals surface area contributed by atoms with Crippen LogP contribution in [0.15, 0.2) is 0 Å². The molecule has 1 saturated heterocycles. The number of hydrogen-bond acceptors (Lipinski definition) is 3. The molecule has 1 N–H and O–H groups in total. The average molecular weight is 251 g/mol. The Balaban J connectivity index is 1.52. The zero-order chi connectivity index (χ0) is 12.7. The molecule has 18 heavy (non-hydrogen) atoms. The van der Waals surface area contributed by atoms with Crippen LogP contribution in [-0.2, 0) is 9.59 Å².